The lowest BCUT2D eigenvalue weighted by Crippen LogP contribution is -2.76. The average molecular weight is 386 g/mol. The molecule has 1 nitrogen and oxygen atoms in total. The summed E-state index contributed by atoms with van der Waals surface area (Å²) in [6.07, 6.45) is -31.9. The fourth-order valence-electron chi connectivity index (χ4n) is 1.46. The Balaban J connectivity index is 7.12. The molecule has 0 aliphatic rings. The van der Waals surface area contributed by atoms with Crippen molar-refractivity contribution in [3.8, 4) is 0 Å². The Hall–Kier alpha value is -1.09. The number of alkyl halides is 15. The van der Waals surface area contributed by atoms with E-state index in [4.69, 9.17) is 5.11 Å². The topological polar surface area (TPSA) is 20.2 Å². The first-order valence-electron chi connectivity index (χ1n) is 4.56. The number of rotatable bonds is 3. The van der Waals surface area contributed by atoms with E-state index in [-0.39, 0.29) is 0 Å². The maximum atomic E-state index is 13.0. The zero-order valence-corrected chi connectivity index (χ0v) is 9.62. The molecule has 0 heterocycles. The monoisotopic (exact) mass is 386 g/mol. The van der Waals surface area contributed by atoms with Gasteiger partial charge in [0.25, 0.3) is 0 Å². The van der Waals surface area contributed by atoms with Crippen LogP contribution in [0.4, 0.5) is 65.9 Å². The summed E-state index contributed by atoms with van der Waals surface area (Å²) in [4.78, 5) is 0. The van der Waals surface area contributed by atoms with Crippen molar-refractivity contribution in [3.05, 3.63) is 0 Å². The lowest BCUT2D eigenvalue weighted by Gasteiger charge is -2.46. The quantitative estimate of drug-likeness (QED) is 0.708. The molecule has 140 valence electrons. The van der Waals surface area contributed by atoms with Gasteiger partial charge in [0.2, 0.25) is 0 Å². The van der Waals surface area contributed by atoms with Gasteiger partial charge >= 0.3 is 41.9 Å². The summed E-state index contributed by atoms with van der Waals surface area (Å²) in [6.45, 7) is 0. The Labute approximate surface area is 114 Å². The van der Waals surface area contributed by atoms with E-state index in [0.29, 0.717) is 0 Å². The molecule has 16 heteroatoms. The molecule has 0 radical (unpaired) electrons. The van der Waals surface area contributed by atoms with E-state index in [1.807, 2.05) is 0 Å². The van der Waals surface area contributed by atoms with Crippen molar-refractivity contribution in [2.24, 2.45) is 5.41 Å². The van der Waals surface area contributed by atoms with Crippen molar-refractivity contribution in [1.82, 2.24) is 0 Å². The largest absolute Gasteiger partial charge is 0.459 e. The molecule has 0 aromatic heterocycles. The van der Waals surface area contributed by atoms with E-state index >= 15 is 0 Å². The normalized spacial score (nSPS) is 16.7. The molecule has 0 spiro atoms. The van der Waals surface area contributed by atoms with Crippen LogP contribution >= 0.6 is 0 Å². The molecule has 23 heavy (non-hydrogen) atoms. The molecule has 0 saturated carbocycles. The van der Waals surface area contributed by atoms with Crippen LogP contribution in [-0.2, 0) is 0 Å². The highest BCUT2D eigenvalue weighted by Crippen LogP contribution is 2.69. The second-order valence-corrected chi connectivity index (χ2v) is 3.93. The van der Waals surface area contributed by atoms with E-state index in [0.717, 1.165) is 0 Å². The van der Waals surface area contributed by atoms with Gasteiger partial charge in [0, 0.05) is 0 Å². The molecular weight excluding hydrogens is 385 g/mol. The molecule has 0 atom stereocenters. The number of halogens is 15. The van der Waals surface area contributed by atoms with Crippen molar-refractivity contribution in [2.45, 2.75) is 36.5 Å². The van der Waals surface area contributed by atoms with E-state index < -0.39 is 41.9 Å². The van der Waals surface area contributed by atoms with Gasteiger partial charge < -0.3 is 5.11 Å². The molecule has 0 aliphatic heterocycles. The van der Waals surface area contributed by atoms with Crippen LogP contribution in [-0.4, -0.2) is 41.6 Å². The zero-order chi connectivity index (χ0) is 19.5. The molecular formula is C7HF15O. The van der Waals surface area contributed by atoms with Gasteiger partial charge in [0.1, 0.15) is 0 Å². The van der Waals surface area contributed by atoms with Crippen LogP contribution in [0.25, 0.3) is 0 Å². The summed E-state index contributed by atoms with van der Waals surface area (Å²) in [7, 11) is 0. The molecule has 0 saturated heterocycles. The Bertz CT molecular complexity index is 395. The van der Waals surface area contributed by atoms with Crippen LogP contribution in [0.5, 0.6) is 0 Å². The van der Waals surface area contributed by atoms with Crippen molar-refractivity contribution >= 4 is 0 Å². The van der Waals surface area contributed by atoms with Gasteiger partial charge in [-0.15, -0.1) is 0 Å². The summed E-state index contributed by atoms with van der Waals surface area (Å²) in [6, 6.07) is 0. The predicted octanol–water partition coefficient (Wildman–Crippen LogP) is 4.52. The zero-order valence-electron chi connectivity index (χ0n) is 9.62. The molecule has 0 fully saturated rings. The fraction of sp³-hybridized carbons (Fsp3) is 1.00. The van der Waals surface area contributed by atoms with Crippen LogP contribution < -0.4 is 0 Å². The first-order chi connectivity index (χ1) is 9.50. The Morgan fingerprint density at radius 2 is 0.652 bits per heavy atom. The fourth-order valence-corrected chi connectivity index (χ4v) is 1.46. The molecule has 1 N–H and O–H groups in total. The smallest absolute Gasteiger partial charge is 0.335 e. The van der Waals surface area contributed by atoms with Gasteiger partial charge in [0.05, 0.1) is 0 Å². The Kier molecular flexibility index (Phi) is 4.72. The van der Waals surface area contributed by atoms with Crippen molar-refractivity contribution in [2.75, 3.05) is 0 Å². The molecule has 0 amide bonds. The third-order valence-electron chi connectivity index (χ3n) is 2.52. The Morgan fingerprint density at radius 3 is 0.783 bits per heavy atom. The predicted molar refractivity (Wildman–Crippen MR) is 37.7 cm³/mol. The molecule has 0 bridgehead atoms. The van der Waals surface area contributed by atoms with Gasteiger partial charge in [-0.1, -0.05) is 0 Å². The van der Waals surface area contributed by atoms with Gasteiger partial charge in [-0.25, -0.2) is 0 Å². The van der Waals surface area contributed by atoms with Crippen molar-refractivity contribution < 1.29 is 71.0 Å². The van der Waals surface area contributed by atoms with E-state index in [2.05, 4.69) is 0 Å². The minimum Gasteiger partial charge on any atom is -0.335 e. The molecule has 0 unspecified atom stereocenters. The highest BCUT2D eigenvalue weighted by molar-refractivity contribution is 5.14. The van der Waals surface area contributed by atoms with E-state index in [9.17, 15) is 65.9 Å². The Morgan fingerprint density at radius 1 is 0.391 bits per heavy atom. The lowest BCUT2D eigenvalue weighted by atomic mass is 9.74. The van der Waals surface area contributed by atoms with E-state index in [1.165, 1.54) is 0 Å². The summed E-state index contributed by atoms with van der Waals surface area (Å²) in [5.41, 5.74) is -8.43. The number of aliphatic hydroxyl groups is 1. The van der Waals surface area contributed by atoms with Gasteiger partial charge in [-0.3, -0.25) is 0 Å². The van der Waals surface area contributed by atoms with Gasteiger partial charge in [-0.05, 0) is 0 Å². The van der Waals surface area contributed by atoms with E-state index in [1.54, 1.807) is 0 Å². The van der Waals surface area contributed by atoms with Crippen LogP contribution in [0.1, 0.15) is 0 Å². The maximum Gasteiger partial charge on any atom is 0.459 e. The van der Waals surface area contributed by atoms with Crippen LogP contribution in [0.15, 0.2) is 0 Å². The SMILES string of the molecule is OC(F)(F)C(C(F)(F)F)(C(F)(F)F)C(F)(F)C(F)(F)C(F)(F)F. The highest BCUT2D eigenvalue weighted by Gasteiger charge is 2.99. The standard InChI is InChI=1S/C7HF15O/c8-2(9,3(10,11)6(18,19)20)1(4(12,13)14,5(15,16)17)7(21,22)23/h23H. The number of hydrogen-bond donors (Lipinski definition) is 1. The van der Waals surface area contributed by atoms with Crippen LogP contribution in [0, 0.1) is 5.41 Å². The molecule has 0 aromatic carbocycles. The van der Waals surface area contributed by atoms with Gasteiger partial charge in [-0.2, -0.15) is 65.9 Å². The van der Waals surface area contributed by atoms with Crippen LogP contribution in [0.3, 0.4) is 0 Å². The second-order valence-electron chi connectivity index (χ2n) is 3.93. The third kappa shape index (κ3) is 2.67. The third-order valence-corrected chi connectivity index (χ3v) is 2.52. The number of hydrogen-bond acceptors (Lipinski definition) is 1. The maximum absolute atomic E-state index is 13.0. The first kappa shape index (κ1) is 21.9. The highest BCUT2D eigenvalue weighted by atomic mass is 19.4. The summed E-state index contributed by atoms with van der Waals surface area (Å²) in [5.74, 6) is -16.8. The lowest BCUT2D eigenvalue weighted by molar-refractivity contribution is -0.523. The average Bonchev–Trinajstić information content (AvgIpc) is 2.06. The summed E-state index contributed by atoms with van der Waals surface area (Å²) >= 11 is 0. The van der Waals surface area contributed by atoms with Crippen molar-refractivity contribution in [1.29, 1.82) is 0 Å². The minimum absolute atomic E-state index is 7.61. The second kappa shape index (κ2) is 4.95. The summed E-state index contributed by atoms with van der Waals surface area (Å²) in [5, 5.41) is 7.61. The van der Waals surface area contributed by atoms with Gasteiger partial charge in [0.15, 0.2) is 0 Å². The molecule has 0 aliphatic carbocycles. The first-order valence-corrected chi connectivity index (χ1v) is 4.56. The minimum atomic E-state index is -8.56. The molecule has 0 rings (SSSR count). The van der Waals surface area contributed by atoms with Crippen molar-refractivity contribution in [3.63, 3.8) is 0 Å². The summed E-state index contributed by atoms with van der Waals surface area (Å²) < 4.78 is 184. The van der Waals surface area contributed by atoms with Crippen LogP contribution in [0.2, 0.25) is 0 Å². The molecule has 0 aromatic rings.